The van der Waals surface area contributed by atoms with Crippen molar-refractivity contribution in [1.29, 1.82) is 0 Å². The van der Waals surface area contributed by atoms with Crippen LogP contribution in [0.3, 0.4) is 0 Å². The van der Waals surface area contributed by atoms with Gasteiger partial charge in [0.2, 0.25) is 0 Å². The Hall–Kier alpha value is -1.42. The summed E-state index contributed by atoms with van der Waals surface area (Å²) in [6, 6.07) is 16.7. The summed E-state index contributed by atoms with van der Waals surface area (Å²) < 4.78 is 0. The minimum Gasteiger partial charge on any atom is -0.400 e. The van der Waals surface area contributed by atoms with E-state index in [0.29, 0.717) is 0 Å². The van der Waals surface area contributed by atoms with Crippen LogP contribution in [-0.4, -0.2) is 36.6 Å². The van der Waals surface area contributed by atoms with Crippen LogP contribution in [0.5, 0.6) is 0 Å². The molecule has 0 unspecified atom stereocenters. The quantitative estimate of drug-likeness (QED) is 0.638. The lowest BCUT2D eigenvalue weighted by atomic mass is 10.1. The molecule has 3 heteroatoms. The summed E-state index contributed by atoms with van der Waals surface area (Å²) in [7, 11) is 3.00. The van der Waals surface area contributed by atoms with Crippen molar-refractivity contribution < 1.29 is 15.3 Å². The van der Waals surface area contributed by atoms with Gasteiger partial charge in [-0.25, -0.2) is 0 Å². The number of hydrogen-bond donors (Lipinski definition) is 3. The molecule has 2 rings (SSSR count). The molecule has 0 saturated carbocycles. The van der Waals surface area contributed by atoms with E-state index in [2.05, 4.69) is 48.5 Å². The molecule has 0 heterocycles. The minimum atomic E-state index is 1.00. The average Bonchev–Trinajstić information content (AvgIpc) is 2.45. The van der Waals surface area contributed by atoms with Crippen LogP contribution in [0.2, 0.25) is 0 Å². The Labute approximate surface area is 96.6 Å². The summed E-state index contributed by atoms with van der Waals surface area (Å²) in [6.07, 6.45) is 0. The van der Waals surface area contributed by atoms with E-state index in [1.165, 1.54) is 10.8 Å². The van der Waals surface area contributed by atoms with Crippen LogP contribution in [0, 0.1) is 0 Å². The Balaban J connectivity index is 0. The standard InChI is InChI=1S/C10H8.3CH4O/c1-2-6-10-8-4-3-7-9(10)5-1;3*1-2/h1-8H;3*2H,1H3. The van der Waals surface area contributed by atoms with Crippen molar-refractivity contribution in [3.8, 4) is 0 Å². The van der Waals surface area contributed by atoms with Crippen molar-refractivity contribution >= 4 is 10.8 Å². The van der Waals surface area contributed by atoms with Crippen LogP contribution >= 0.6 is 0 Å². The number of hydrogen-bond acceptors (Lipinski definition) is 3. The molecule has 3 N–H and O–H groups in total. The maximum Gasteiger partial charge on any atom is 0.0319 e. The van der Waals surface area contributed by atoms with Crippen LogP contribution in [-0.2, 0) is 0 Å². The number of aliphatic hydroxyl groups excluding tert-OH is 3. The smallest absolute Gasteiger partial charge is 0.0319 e. The SMILES string of the molecule is CO.CO.CO.c1ccc2ccccc2c1. The predicted molar refractivity (Wildman–Crippen MR) is 68.4 cm³/mol. The molecule has 0 bridgehead atoms. The Morgan fingerprint density at radius 2 is 0.688 bits per heavy atom. The van der Waals surface area contributed by atoms with Crippen molar-refractivity contribution in [2.24, 2.45) is 0 Å². The monoisotopic (exact) mass is 224 g/mol. The zero-order valence-corrected chi connectivity index (χ0v) is 9.96. The second-order valence-corrected chi connectivity index (χ2v) is 2.35. The van der Waals surface area contributed by atoms with E-state index in [1.54, 1.807) is 0 Å². The molecule has 0 amide bonds. The molecule has 3 nitrogen and oxygen atoms in total. The molecule has 0 radical (unpaired) electrons. The van der Waals surface area contributed by atoms with Gasteiger partial charge in [-0.1, -0.05) is 48.5 Å². The average molecular weight is 224 g/mol. The van der Waals surface area contributed by atoms with Gasteiger partial charge in [0, 0.05) is 21.3 Å². The van der Waals surface area contributed by atoms with Crippen LogP contribution in [0.15, 0.2) is 48.5 Å². The number of fused-ring (bicyclic) bond motifs is 1. The summed E-state index contributed by atoms with van der Waals surface area (Å²) in [5.74, 6) is 0. The van der Waals surface area contributed by atoms with E-state index < -0.39 is 0 Å². The largest absolute Gasteiger partial charge is 0.400 e. The van der Waals surface area contributed by atoms with Crippen molar-refractivity contribution in [3.05, 3.63) is 48.5 Å². The molecule has 2 aromatic carbocycles. The lowest BCUT2D eigenvalue weighted by molar-refractivity contribution is 0.399. The van der Waals surface area contributed by atoms with Crippen LogP contribution in [0.4, 0.5) is 0 Å². The first-order chi connectivity index (χ1) is 7.97. The fourth-order valence-corrected chi connectivity index (χ4v) is 1.13. The van der Waals surface area contributed by atoms with Crippen LogP contribution in [0.1, 0.15) is 0 Å². The number of benzene rings is 2. The van der Waals surface area contributed by atoms with Gasteiger partial charge < -0.3 is 15.3 Å². The molecule has 2 aromatic rings. The third-order valence-corrected chi connectivity index (χ3v) is 1.66. The topological polar surface area (TPSA) is 60.7 Å². The summed E-state index contributed by atoms with van der Waals surface area (Å²) in [4.78, 5) is 0. The lowest BCUT2D eigenvalue weighted by Crippen LogP contribution is -1.67. The fourth-order valence-electron chi connectivity index (χ4n) is 1.13. The van der Waals surface area contributed by atoms with Gasteiger partial charge in [0.25, 0.3) is 0 Å². The molecule has 0 atom stereocenters. The van der Waals surface area contributed by atoms with Gasteiger partial charge in [0.15, 0.2) is 0 Å². The zero-order chi connectivity index (χ0) is 12.8. The lowest BCUT2D eigenvalue weighted by Gasteiger charge is -1.92. The molecule has 0 aliphatic heterocycles. The van der Waals surface area contributed by atoms with Gasteiger partial charge in [-0.3, -0.25) is 0 Å². The predicted octanol–water partition coefficient (Wildman–Crippen LogP) is 1.67. The van der Waals surface area contributed by atoms with E-state index in [-0.39, 0.29) is 0 Å². The molecule has 90 valence electrons. The van der Waals surface area contributed by atoms with E-state index >= 15 is 0 Å². The highest BCUT2D eigenvalue weighted by Crippen LogP contribution is 2.11. The van der Waals surface area contributed by atoms with Crippen LogP contribution < -0.4 is 0 Å². The number of rotatable bonds is 0. The summed E-state index contributed by atoms with van der Waals surface area (Å²) >= 11 is 0. The maximum atomic E-state index is 7.00. The Morgan fingerprint density at radius 3 is 0.875 bits per heavy atom. The second kappa shape index (κ2) is 13.6. The van der Waals surface area contributed by atoms with Crippen molar-refractivity contribution in [2.75, 3.05) is 21.3 Å². The summed E-state index contributed by atoms with van der Waals surface area (Å²) in [5.41, 5.74) is 0. The van der Waals surface area contributed by atoms with E-state index in [4.69, 9.17) is 15.3 Å². The van der Waals surface area contributed by atoms with Gasteiger partial charge in [-0.15, -0.1) is 0 Å². The molecule has 0 fully saturated rings. The first-order valence-corrected chi connectivity index (χ1v) is 4.75. The summed E-state index contributed by atoms with van der Waals surface area (Å²) in [6.45, 7) is 0. The van der Waals surface area contributed by atoms with Gasteiger partial charge in [0.1, 0.15) is 0 Å². The molecule has 0 aliphatic rings. The van der Waals surface area contributed by atoms with E-state index in [9.17, 15) is 0 Å². The molecular weight excluding hydrogens is 204 g/mol. The van der Waals surface area contributed by atoms with Crippen LogP contribution in [0.25, 0.3) is 10.8 Å². The van der Waals surface area contributed by atoms with E-state index in [0.717, 1.165) is 21.3 Å². The highest BCUT2D eigenvalue weighted by Gasteiger charge is 1.85. The minimum absolute atomic E-state index is 1.00. The third kappa shape index (κ3) is 6.14. The molecule has 0 saturated heterocycles. The molecule has 0 aromatic heterocycles. The normalized spacial score (nSPS) is 7.38. The maximum absolute atomic E-state index is 7.00. The first-order valence-electron chi connectivity index (χ1n) is 4.75. The van der Waals surface area contributed by atoms with Gasteiger partial charge in [-0.05, 0) is 10.8 Å². The highest BCUT2D eigenvalue weighted by molar-refractivity contribution is 5.81. The molecule has 16 heavy (non-hydrogen) atoms. The van der Waals surface area contributed by atoms with Gasteiger partial charge in [0.05, 0.1) is 0 Å². The van der Waals surface area contributed by atoms with Crippen molar-refractivity contribution in [1.82, 2.24) is 0 Å². The van der Waals surface area contributed by atoms with Gasteiger partial charge >= 0.3 is 0 Å². The molecule has 0 aliphatic carbocycles. The van der Waals surface area contributed by atoms with E-state index in [1.807, 2.05) is 0 Å². The first kappa shape index (κ1) is 17.0. The molecule has 0 spiro atoms. The Bertz CT molecular complexity index is 282. The Morgan fingerprint density at radius 1 is 0.500 bits per heavy atom. The zero-order valence-electron chi connectivity index (χ0n) is 9.96. The second-order valence-electron chi connectivity index (χ2n) is 2.35. The summed E-state index contributed by atoms with van der Waals surface area (Å²) in [5, 5.41) is 23.6. The van der Waals surface area contributed by atoms with Crippen molar-refractivity contribution in [3.63, 3.8) is 0 Å². The fraction of sp³-hybridized carbons (Fsp3) is 0.231. The molecular formula is C13H20O3. The number of aliphatic hydroxyl groups is 3. The third-order valence-electron chi connectivity index (χ3n) is 1.66. The highest BCUT2D eigenvalue weighted by atomic mass is 16.2. The van der Waals surface area contributed by atoms with Crippen molar-refractivity contribution in [2.45, 2.75) is 0 Å². The Kier molecular flexibility index (Phi) is 14.4. The van der Waals surface area contributed by atoms with Gasteiger partial charge in [-0.2, -0.15) is 0 Å².